The van der Waals surface area contributed by atoms with Crippen LogP contribution >= 0.6 is 0 Å². The maximum Gasteiger partial charge on any atom is 0.247 e. The maximum atomic E-state index is 11.7. The minimum atomic E-state index is -1.52. The van der Waals surface area contributed by atoms with E-state index in [4.69, 9.17) is 11.5 Å². The molecule has 0 rings (SSSR count). The van der Waals surface area contributed by atoms with Crippen LogP contribution in [0.1, 0.15) is 40.5 Å². The Balaban J connectivity index is 5.38. The van der Waals surface area contributed by atoms with E-state index in [0.717, 1.165) is 0 Å². The van der Waals surface area contributed by atoms with Crippen molar-refractivity contribution in [2.75, 3.05) is 0 Å². The third-order valence-corrected chi connectivity index (χ3v) is 2.83. The van der Waals surface area contributed by atoms with Gasteiger partial charge in [0.2, 0.25) is 11.8 Å². The number of aliphatic hydroxyl groups excluding tert-OH is 1. The van der Waals surface area contributed by atoms with Gasteiger partial charge in [0.05, 0.1) is 5.41 Å². The number of carbonyl (C=O) groups excluding carboxylic acids is 2. The van der Waals surface area contributed by atoms with Gasteiger partial charge in [-0.25, -0.2) is 0 Å². The fourth-order valence-electron chi connectivity index (χ4n) is 2.37. The summed E-state index contributed by atoms with van der Waals surface area (Å²) < 4.78 is 0. The molecule has 0 spiro atoms. The molecule has 0 heterocycles. The molecule has 5 heteroatoms. The Bertz CT molecular complexity index is 277. The highest BCUT2D eigenvalue weighted by atomic mass is 16.3. The molecule has 100 valence electrons. The molecule has 0 saturated heterocycles. The molecule has 0 aromatic rings. The molecule has 0 fully saturated rings. The summed E-state index contributed by atoms with van der Waals surface area (Å²) in [6, 6.07) is 0. The molecule has 0 radical (unpaired) electrons. The van der Waals surface area contributed by atoms with Gasteiger partial charge in [-0.15, -0.1) is 0 Å². The van der Waals surface area contributed by atoms with Crippen LogP contribution in [0.15, 0.2) is 0 Å². The molecular weight excluding hydrogens is 220 g/mol. The molecule has 17 heavy (non-hydrogen) atoms. The quantitative estimate of drug-likeness (QED) is 0.603. The van der Waals surface area contributed by atoms with Gasteiger partial charge in [0, 0.05) is 0 Å². The van der Waals surface area contributed by atoms with Crippen LogP contribution in [0.4, 0.5) is 0 Å². The van der Waals surface area contributed by atoms with Gasteiger partial charge in [-0.05, 0) is 24.7 Å². The van der Waals surface area contributed by atoms with Gasteiger partial charge in [0.25, 0.3) is 0 Å². The van der Waals surface area contributed by atoms with E-state index in [9.17, 15) is 14.7 Å². The topological polar surface area (TPSA) is 106 Å². The van der Waals surface area contributed by atoms with E-state index in [1.807, 2.05) is 27.7 Å². The fourth-order valence-corrected chi connectivity index (χ4v) is 2.37. The largest absolute Gasteiger partial charge is 0.382 e. The Hall–Kier alpha value is -1.10. The third kappa shape index (κ3) is 4.00. The van der Waals surface area contributed by atoms with Crippen molar-refractivity contribution in [1.82, 2.24) is 0 Å². The average molecular weight is 244 g/mol. The van der Waals surface area contributed by atoms with Gasteiger partial charge in [-0.3, -0.25) is 9.59 Å². The molecule has 1 unspecified atom stereocenters. The van der Waals surface area contributed by atoms with Crippen LogP contribution in [0.25, 0.3) is 0 Å². The summed E-state index contributed by atoms with van der Waals surface area (Å²) in [4.78, 5) is 22.9. The minimum Gasteiger partial charge on any atom is -0.382 e. The lowest BCUT2D eigenvalue weighted by Gasteiger charge is -2.36. The number of hydrogen-bond donors (Lipinski definition) is 3. The van der Waals surface area contributed by atoms with Crippen molar-refractivity contribution in [1.29, 1.82) is 0 Å². The van der Waals surface area contributed by atoms with E-state index in [0.29, 0.717) is 12.8 Å². The molecule has 0 aliphatic carbocycles. The SMILES string of the molecule is CC(C)CC(CC(C)C)(C(N)=O)C(O)C(N)=O. The van der Waals surface area contributed by atoms with Crippen molar-refractivity contribution in [2.24, 2.45) is 28.7 Å². The molecule has 0 aromatic heterocycles. The van der Waals surface area contributed by atoms with Gasteiger partial charge in [0.15, 0.2) is 0 Å². The van der Waals surface area contributed by atoms with Crippen LogP contribution < -0.4 is 11.5 Å². The van der Waals surface area contributed by atoms with E-state index >= 15 is 0 Å². The van der Waals surface area contributed by atoms with E-state index < -0.39 is 23.3 Å². The highest BCUT2D eigenvalue weighted by Crippen LogP contribution is 2.37. The lowest BCUT2D eigenvalue weighted by molar-refractivity contribution is -0.148. The summed E-state index contributed by atoms with van der Waals surface area (Å²) in [6.45, 7) is 7.63. The Labute approximate surface area is 103 Å². The number of aliphatic hydroxyl groups is 1. The molecular formula is C12H24N2O3. The van der Waals surface area contributed by atoms with Crippen molar-refractivity contribution < 1.29 is 14.7 Å². The first-order valence-corrected chi connectivity index (χ1v) is 5.90. The first kappa shape index (κ1) is 15.9. The van der Waals surface area contributed by atoms with Crippen molar-refractivity contribution in [3.05, 3.63) is 0 Å². The molecule has 5 N–H and O–H groups in total. The zero-order chi connectivity index (χ0) is 13.8. The van der Waals surface area contributed by atoms with Crippen LogP contribution in [0.5, 0.6) is 0 Å². The Morgan fingerprint density at radius 2 is 1.41 bits per heavy atom. The Kier molecular flexibility index (Phi) is 5.61. The average Bonchev–Trinajstić information content (AvgIpc) is 2.13. The van der Waals surface area contributed by atoms with E-state index in [-0.39, 0.29) is 11.8 Å². The second-order valence-corrected chi connectivity index (χ2v) is 5.52. The molecule has 2 amide bonds. The van der Waals surface area contributed by atoms with Crippen LogP contribution in [0.2, 0.25) is 0 Å². The van der Waals surface area contributed by atoms with Crippen LogP contribution in [0.3, 0.4) is 0 Å². The molecule has 0 aromatic carbocycles. The maximum absolute atomic E-state index is 11.7. The first-order valence-electron chi connectivity index (χ1n) is 5.90. The van der Waals surface area contributed by atoms with Crippen LogP contribution in [0, 0.1) is 17.3 Å². The zero-order valence-electron chi connectivity index (χ0n) is 11.1. The van der Waals surface area contributed by atoms with Gasteiger partial charge in [-0.2, -0.15) is 0 Å². The Morgan fingerprint density at radius 1 is 1.06 bits per heavy atom. The lowest BCUT2D eigenvalue weighted by atomic mass is 9.69. The van der Waals surface area contributed by atoms with Crippen molar-refractivity contribution in [3.63, 3.8) is 0 Å². The number of hydrogen-bond acceptors (Lipinski definition) is 3. The summed E-state index contributed by atoms with van der Waals surface area (Å²) in [5.41, 5.74) is 9.26. The third-order valence-electron chi connectivity index (χ3n) is 2.83. The number of carbonyl (C=O) groups is 2. The smallest absolute Gasteiger partial charge is 0.247 e. The normalized spacial score (nSPS) is 14.1. The van der Waals surface area contributed by atoms with E-state index in [1.54, 1.807) is 0 Å². The monoisotopic (exact) mass is 244 g/mol. The van der Waals surface area contributed by atoms with Crippen LogP contribution in [-0.4, -0.2) is 23.0 Å². The first-order chi connectivity index (χ1) is 7.63. The number of amides is 2. The molecule has 1 atom stereocenters. The lowest BCUT2D eigenvalue weighted by Crippen LogP contribution is -2.53. The van der Waals surface area contributed by atoms with Gasteiger partial charge in [-0.1, -0.05) is 27.7 Å². The molecule has 5 nitrogen and oxygen atoms in total. The highest BCUT2D eigenvalue weighted by molar-refractivity contribution is 5.90. The van der Waals surface area contributed by atoms with E-state index in [2.05, 4.69) is 0 Å². The summed E-state index contributed by atoms with van der Waals surface area (Å²) in [6.07, 6.45) is -0.820. The van der Waals surface area contributed by atoms with Crippen molar-refractivity contribution in [3.8, 4) is 0 Å². The van der Waals surface area contributed by atoms with Gasteiger partial charge < -0.3 is 16.6 Å². The molecule has 0 saturated carbocycles. The second-order valence-electron chi connectivity index (χ2n) is 5.52. The van der Waals surface area contributed by atoms with Gasteiger partial charge in [0.1, 0.15) is 6.10 Å². The summed E-state index contributed by atoms with van der Waals surface area (Å²) in [7, 11) is 0. The molecule has 0 aliphatic rings. The molecule has 0 aliphatic heterocycles. The fraction of sp³-hybridized carbons (Fsp3) is 0.833. The summed E-state index contributed by atoms with van der Waals surface area (Å²) in [5.74, 6) is -1.29. The standard InChI is InChI=1S/C12H24N2O3/c1-7(2)5-12(11(14)17,6-8(3)4)9(15)10(13)16/h7-9,15H,5-6H2,1-4H3,(H2,13,16)(H2,14,17). The van der Waals surface area contributed by atoms with Crippen molar-refractivity contribution in [2.45, 2.75) is 46.6 Å². The predicted octanol–water partition coefficient (Wildman–Crippen LogP) is 0.397. The number of rotatable bonds is 7. The second kappa shape index (κ2) is 6.00. The zero-order valence-corrected chi connectivity index (χ0v) is 11.1. The van der Waals surface area contributed by atoms with Crippen LogP contribution in [-0.2, 0) is 9.59 Å². The molecule has 0 bridgehead atoms. The minimum absolute atomic E-state index is 0.134. The van der Waals surface area contributed by atoms with E-state index in [1.165, 1.54) is 0 Å². The van der Waals surface area contributed by atoms with Crippen molar-refractivity contribution >= 4 is 11.8 Å². The highest BCUT2D eigenvalue weighted by Gasteiger charge is 2.47. The summed E-state index contributed by atoms with van der Waals surface area (Å²) in [5, 5.41) is 9.93. The Morgan fingerprint density at radius 3 is 1.59 bits per heavy atom. The van der Waals surface area contributed by atoms with Gasteiger partial charge >= 0.3 is 0 Å². The summed E-state index contributed by atoms with van der Waals surface area (Å²) >= 11 is 0. The number of primary amides is 2. The number of nitrogens with two attached hydrogens (primary N) is 2. The predicted molar refractivity (Wildman–Crippen MR) is 65.7 cm³/mol.